The van der Waals surface area contributed by atoms with Crippen molar-refractivity contribution in [2.75, 3.05) is 0 Å². The lowest BCUT2D eigenvalue weighted by atomic mass is 9.97. The third kappa shape index (κ3) is 0.751. The van der Waals surface area contributed by atoms with Crippen LogP contribution in [0.1, 0.15) is 20.3 Å². The van der Waals surface area contributed by atoms with Crippen molar-refractivity contribution < 1.29 is 19.8 Å². The predicted molar refractivity (Wildman–Crippen MR) is 36.1 cm³/mol. The first-order valence-corrected chi connectivity index (χ1v) is 3.31. The first kappa shape index (κ1) is 8.04. The van der Waals surface area contributed by atoms with E-state index in [9.17, 15) is 9.59 Å². The normalized spacial score (nSPS) is 41.6. The van der Waals surface area contributed by atoms with Gasteiger partial charge in [-0.05, 0) is 20.3 Å². The summed E-state index contributed by atoms with van der Waals surface area (Å²) in [5, 5.41) is 17.3. The lowest BCUT2D eigenvalue weighted by molar-refractivity contribution is -0.152. The van der Waals surface area contributed by atoms with Crippen LogP contribution in [0.4, 0.5) is 0 Å². The van der Waals surface area contributed by atoms with Gasteiger partial charge in [0.15, 0.2) is 0 Å². The van der Waals surface area contributed by atoms with Crippen molar-refractivity contribution in [2.45, 2.75) is 20.3 Å². The topological polar surface area (TPSA) is 74.6 Å². The quantitative estimate of drug-likeness (QED) is 0.616. The van der Waals surface area contributed by atoms with E-state index in [1.165, 1.54) is 13.8 Å². The highest BCUT2D eigenvalue weighted by molar-refractivity contribution is 5.92. The summed E-state index contributed by atoms with van der Waals surface area (Å²) in [5.41, 5.74) is -2.11. The van der Waals surface area contributed by atoms with Gasteiger partial charge in [0.1, 0.15) is 0 Å². The molecule has 0 saturated heterocycles. The molecule has 0 bridgehead atoms. The summed E-state index contributed by atoms with van der Waals surface area (Å²) in [6, 6.07) is 0. The van der Waals surface area contributed by atoms with E-state index in [1.807, 2.05) is 0 Å². The van der Waals surface area contributed by atoms with Crippen LogP contribution in [0.25, 0.3) is 0 Å². The largest absolute Gasteiger partial charge is 0.481 e. The average Bonchev–Trinajstić information content (AvgIpc) is 2.39. The van der Waals surface area contributed by atoms with Crippen molar-refractivity contribution in [3.63, 3.8) is 0 Å². The molecule has 0 radical (unpaired) electrons. The Labute approximate surface area is 63.8 Å². The molecular formula is C7H10O4. The summed E-state index contributed by atoms with van der Waals surface area (Å²) < 4.78 is 0. The molecule has 1 fully saturated rings. The maximum Gasteiger partial charge on any atom is 0.310 e. The number of aliphatic carboxylic acids is 2. The van der Waals surface area contributed by atoms with Gasteiger partial charge in [-0.3, -0.25) is 9.59 Å². The van der Waals surface area contributed by atoms with Crippen molar-refractivity contribution in [1.29, 1.82) is 0 Å². The van der Waals surface area contributed by atoms with Gasteiger partial charge >= 0.3 is 11.9 Å². The Balaban J connectivity index is 2.87. The summed E-state index contributed by atoms with van der Waals surface area (Å²) in [6.07, 6.45) is 0.227. The van der Waals surface area contributed by atoms with E-state index in [0.717, 1.165) is 0 Å². The van der Waals surface area contributed by atoms with Gasteiger partial charge in [-0.15, -0.1) is 0 Å². The molecule has 4 heteroatoms. The van der Waals surface area contributed by atoms with Gasteiger partial charge in [0.05, 0.1) is 10.8 Å². The van der Waals surface area contributed by atoms with Gasteiger partial charge in [-0.2, -0.15) is 0 Å². The van der Waals surface area contributed by atoms with E-state index >= 15 is 0 Å². The zero-order chi connectivity index (χ0) is 8.86. The van der Waals surface area contributed by atoms with Crippen molar-refractivity contribution in [3.8, 4) is 0 Å². The zero-order valence-corrected chi connectivity index (χ0v) is 6.42. The van der Waals surface area contributed by atoms with Gasteiger partial charge in [-0.25, -0.2) is 0 Å². The van der Waals surface area contributed by atoms with E-state index in [-0.39, 0.29) is 6.42 Å². The first-order chi connectivity index (χ1) is 4.84. The molecule has 1 rings (SSSR count). The highest BCUT2D eigenvalue weighted by Gasteiger charge is 2.71. The molecule has 0 amide bonds. The Morgan fingerprint density at radius 2 is 1.36 bits per heavy atom. The lowest BCUT2D eigenvalue weighted by Crippen LogP contribution is -2.24. The molecule has 2 atom stereocenters. The van der Waals surface area contributed by atoms with E-state index in [0.29, 0.717) is 0 Å². The predicted octanol–water partition coefficient (Wildman–Crippen LogP) is 0.572. The first-order valence-electron chi connectivity index (χ1n) is 3.31. The molecule has 11 heavy (non-hydrogen) atoms. The fraction of sp³-hybridized carbons (Fsp3) is 0.714. The Morgan fingerprint density at radius 1 is 1.09 bits per heavy atom. The van der Waals surface area contributed by atoms with Gasteiger partial charge in [0, 0.05) is 0 Å². The Hall–Kier alpha value is -1.06. The van der Waals surface area contributed by atoms with Crippen molar-refractivity contribution in [3.05, 3.63) is 0 Å². The molecule has 1 saturated carbocycles. The molecule has 4 nitrogen and oxygen atoms in total. The molecule has 0 heterocycles. The van der Waals surface area contributed by atoms with Crippen LogP contribution in [0.2, 0.25) is 0 Å². The number of carboxylic acids is 2. The molecule has 0 aromatic carbocycles. The molecule has 0 aromatic rings. The average molecular weight is 158 g/mol. The summed E-state index contributed by atoms with van der Waals surface area (Å²) in [5.74, 6) is -2.05. The molecule has 1 aliphatic carbocycles. The minimum Gasteiger partial charge on any atom is -0.481 e. The van der Waals surface area contributed by atoms with E-state index < -0.39 is 22.8 Å². The molecule has 2 unspecified atom stereocenters. The fourth-order valence-corrected chi connectivity index (χ4v) is 1.29. The van der Waals surface area contributed by atoms with Gasteiger partial charge < -0.3 is 10.2 Å². The molecule has 62 valence electrons. The number of carboxylic acid groups (broad SMARTS) is 2. The van der Waals surface area contributed by atoms with Crippen LogP contribution >= 0.6 is 0 Å². The fourth-order valence-electron chi connectivity index (χ4n) is 1.29. The van der Waals surface area contributed by atoms with Crippen LogP contribution in [-0.4, -0.2) is 22.2 Å². The highest BCUT2D eigenvalue weighted by atomic mass is 16.4. The molecule has 0 aromatic heterocycles. The van der Waals surface area contributed by atoms with E-state index in [1.54, 1.807) is 0 Å². The molecule has 1 aliphatic rings. The SMILES string of the molecule is CC1(C(=O)O)CC1(C)C(=O)O. The van der Waals surface area contributed by atoms with Crippen LogP contribution in [-0.2, 0) is 9.59 Å². The lowest BCUT2D eigenvalue weighted by Gasteiger charge is -2.08. The summed E-state index contributed by atoms with van der Waals surface area (Å²) in [7, 11) is 0. The van der Waals surface area contributed by atoms with E-state index in [2.05, 4.69) is 0 Å². The van der Waals surface area contributed by atoms with Crippen molar-refractivity contribution >= 4 is 11.9 Å². The van der Waals surface area contributed by atoms with Crippen LogP contribution in [0.3, 0.4) is 0 Å². The maximum atomic E-state index is 10.5. The summed E-state index contributed by atoms with van der Waals surface area (Å²) in [6.45, 7) is 2.92. The Bertz CT molecular complexity index is 211. The smallest absolute Gasteiger partial charge is 0.310 e. The second-order valence-corrected chi connectivity index (χ2v) is 3.45. The van der Waals surface area contributed by atoms with Crippen molar-refractivity contribution in [2.24, 2.45) is 10.8 Å². The maximum absolute atomic E-state index is 10.5. The highest BCUT2D eigenvalue weighted by Crippen LogP contribution is 2.63. The monoisotopic (exact) mass is 158 g/mol. The summed E-state index contributed by atoms with van der Waals surface area (Å²) >= 11 is 0. The van der Waals surface area contributed by atoms with Crippen molar-refractivity contribution in [1.82, 2.24) is 0 Å². The zero-order valence-electron chi connectivity index (χ0n) is 6.42. The standard InChI is InChI=1S/C7H10O4/c1-6(4(8)9)3-7(6,2)5(10)11/h3H2,1-2H3,(H,8,9)(H,10,11). The third-order valence-electron chi connectivity index (χ3n) is 2.74. The van der Waals surface area contributed by atoms with Crippen LogP contribution in [0.15, 0.2) is 0 Å². The van der Waals surface area contributed by atoms with Gasteiger partial charge in [-0.1, -0.05) is 0 Å². The molecular weight excluding hydrogens is 148 g/mol. The molecule has 0 aliphatic heterocycles. The molecule has 2 N–H and O–H groups in total. The third-order valence-corrected chi connectivity index (χ3v) is 2.74. The number of rotatable bonds is 2. The van der Waals surface area contributed by atoms with Crippen LogP contribution < -0.4 is 0 Å². The molecule has 0 spiro atoms. The van der Waals surface area contributed by atoms with Gasteiger partial charge in [0.25, 0.3) is 0 Å². The Kier molecular flexibility index (Phi) is 1.28. The Morgan fingerprint density at radius 3 is 1.45 bits per heavy atom. The minimum absolute atomic E-state index is 0.227. The van der Waals surface area contributed by atoms with Crippen LogP contribution in [0, 0.1) is 10.8 Å². The second kappa shape index (κ2) is 1.75. The van der Waals surface area contributed by atoms with Gasteiger partial charge in [0.2, 0.25) is 0 Å². The number of hydrogen-bond donors (Lipinski definition) is 2. The summed E-state index contributed by atoms with van der Waals surface area (Å²) in [4.78, 5) is 21.1. The van der Waals surface area contributed by atoms with E-state index in [4.69, 9.17) is 10.2 Å². The number of hydrogen-bond acceptors (Lipinski definition) is 2. The van der Waals surface area contributed by atoms with Crippen LogP contribution in [0.5, 0.6) is 0 Å². The second-order valence-electron chi connectivity index (χ2n) is 3.45. The minimum atomic E-state index is -1.06. The number of carbonyl (C=O) groups is 2.